The summed E-state index contributed by atoms with van der Waals surface area (Å²) in [5, 5.41) is 12.4. The van der Waals surface area contributed by atoms with Gasteiger partial charge in [0.2, 0.25) is 0 Å². The van der Waals surface area contributed by atoms with Gasteiger partial charge in [0.1, 0.15) is 17.6 Å². The van der Waals surface area contributed by atoms with Crippen LogP contribution in [-0.2, 0) is 0 Å². The van der Waals surface area contributed by atoms with Crippen molar-refractivity contribution in [3.8, 4) is 17.6 Å². The SMILES string of the molecule is COc1cc(Nc2nccnc2C#N)c(OC)cc1Cl. The van der Waals surface area contributed by atoms with Crippen LogP contribution in [0.5, 0.6) is 11.5 Å². The number of nitrogens with zero attached hydrogens (tertiary/aromatic N) is 3. The van der Waals surface area contributed by atoms with Crippen molar-refractivity contribution in [3.63, 3.8) is 0 Å². The zero-order valence-corrected chi connectivity index (χ0v) is 11.6. The van der Waals surface area contributed by atoms with Gasteiger partial charge in [-0.25, -0.2) is 9.97 Å². The van der Waals surface area contributed by atoms with Crippen LogP contribution in [0.3, 0.4) is 0 Å². The molecule has 102 valence electrons. The molecule has 0 saturated carbocycles. The summed E-state index contributed by atoms with van der Waals surface area (Å²) in [6, 6.07) is 5.24. The molecule has 1 N–H and O–H groups in total. The third-order valence-corrected chi connectivity index (χ3v) is 2.83. The number of aromatic nitrogens is 2. The van der Waals surface area contributed by atoms with E-state index in [2.05, 4.69) is 15.3 Å². The molecule has 7 heteroatoms. The van der Waals surface area contributed by atoms with Crippen molar-refractivity contribution >= 4 is 23.1 Å². The molecule has 0 saturated heterocycles. The summed E-state index contributed by atoms with van der Waals surface area (Å²) in [5.74, 6) is 1.32. The van der Waals surface area contributed by atoms with Crippen molar-refractivity contribution in [3.05, 3.63) is 35.2 Å². The number of hydrogen-bond donors (Lipinski definition) is 1. The van der Waals surface area contributed by atoms with Gasteiger partial charge in [-0.1, -0.05) is 11.6 Å². The third kappa shape index (κ3) is 2.73. The lowest BCUT2D eigenvalue weighted by Crippen LogP contribution is -2.01. The topological polar surface area (TPSA) is 80.1 Å². The molecule has 0 aliphatic carbocycles. The van der Waals surface area contributed by atoms with Crippen LogP contribution >= 0.6 is 11.6 Å². The van der Waals surface area contributed by atoms with Crippen LogP contribution < -0.4 is 14.8 Å². The molecule has 20 heavy (non-hydrogen) atoms. The maximum atomic E-state index is 9.00. The number of ether oxygens (including phenoxy) is 2. The number of anilines is 2. The molecule has 0 radical (unpaired) electrons. The molecule has 1 aromatic carbocycles. The first-order valence-electron chi connectivity index (χ1n) is 5.59. The van der Waals surface area contributed by atoms with Crippen LogP contribution in [0.4, 0.5) is 11.5 Å². The Bertz CT molecular complexity index is 670. The van der Waals surface area contributed by atoms with Crippen molar-refractivity contribution in [2.75, 3.05) is 19.5 Å². The molecule has 0 aliphatic heterocycles. The first kappa shape index (κ1) is 13.9. The summed E-state index contributed by atoms with van der Waals surface area (Å²) in [4.78, 5) is 8.00. The minimum atomic E-state index is 0.184. The molecule has 2 rings (SSSR count). The van der Waals surface area contributed by atoms with Crippen LogP contribution in [0, 0.1) is 11.3 Å². The van der Waals surface area contributed by atoms with Crippen molar-refractivity contribution in [1.82, 2.24) is 9.97 Å². The highest BCUT2D eigenvalue weighted by Crippen LogP contribution is 2.37. The number of methoxy groups -OCH3 is 2. The second-order valence-corrected chi connectivity index (χ2v) is 4.08. The number of hydrogen-bond acceptors (Lipinski definition) is 6. The van der Waals surface area contributed by atoms with E-state index >= 15 is 0 Å². The molecule has 0 aliphatic rings. The largest absolute Gasteiger partial charge is 0.495 e. The fourth-order valence-corrected chi connectivity index (χ4v) is 1.83. The van der Waals surface area contributed by atoms with Gasteiger partial charge in [0.05, 0.1) is 24.9 Å². The van der Waals surface area contributed by atoms with Gasteiger partial charge in [-0.3, -0.25) is 0 Å². The average molecular weight is 291 g/mol. The fourth-order valence-electron chi connectivity index (χ4n) is 1.60. The Hall–Kier alpha value is -2.52. The Morgan fingerprint density at radius 1 is 1.15 bits per heavy atom. The van der Waals surface area contributed by atoms with Crippen molar-refractivity contribution in [1.29, 1.82) is 5.26 Å². The molecule has 2 aromatic rings. The lowest BCUT2D eigenvalue weighted by Gasteiger charge is -2.13. The zero-order valence-electron chi connectivity index (χ0n) is 10.8. The highest BCUT2D eigenvalue weighted by atomic mass is 35.5. The van der Waals surface area contributed by atoms with Crippen LogP contribution in [-0.4, -0.2) is 24.2 Å². The highest BCUT2D eigenvalue weighted by Gasteiger charge is 2.12. The lowest BCUT2D eigenvalue weighted by atomic mass is 10.2. The minimum absolute atomic E-state index is 0.184. The van der Waals surface area contributed by atoms with Crippen LogP contribution in [0.1, 0.15) is 5.69 Å². The van der Waals surface area contributed by atoms with Crippen LogP contribution in [0.25, 0.3) is 0 Å². The molecule has 0 amide bonds. The first-order valence-corrected chi connectivity index (χ1v) is 5.97. The van der Waals surface area contributed by atoms with E-state index in [1.807, 2.05) is 6.07 Å². The maximum absolute atomic E-state index is 9.00. The summed E-state index contributed by atoms with van der Waals surface area (Å²) >= 11 is 6.03. The van der Waals surface area contributed by atoms with Gasteiger partial charge >= 0.3 is 0 Å². The number of benzene rings is 1. The normalized spacial score (nSPS) is 9.70. The Labute approximate surface area is 120 Å². The molecule has 6 nitrogen and oxygen atoms in total. The van der Waals surface area contributed by atoms with E-state index < -0.39 is 0 Å². The summed E-state index contributed by atoms with van der Waals surface area (Å²) in [6.45, 7) is 0. The molecule has 0 fully saturated rings. The first-order chi connectivity index (χ1) is 9.69. The van der Waals surface area contributed by atoms with Gasteiger partial charge in [0, 0.05) is 24.5 Å². The summed E-state index contributed by atoms with van der Waals surface area (Å²) in [5.41, 5.74) is 0.759. The smallest absolute Gasteiger partial charge is 0.183 e. The lowest BCUT2D eigenvalue weighted by molar-refractivity contribution is 0.405. The molecular weight excluding hydrogens is 280 g/mol. The van der Waals surface area contributed by atoms with E-state index in [-0.39, 0.29) is 5.69 Å². The second-order valence-electron chi connectivity index (χ2n) is 3.68. The average Bonchev–Trinajstić information content (AvgIpc) is 2.49. The highest BCUT2D eigenvalue weighted by molar-refractivity contribution is 6.32. The van der Waals surface area contributed by atoms with Gasteiger partial charge < -0.3 is 14.8 Å². The predicted molar refractivity (Wildman–Crippen MR) is 74.6 cm³/mol. The Morgan fingerprint density at radius 3 is 2.50 bits per heavy atom. The minimum Gasteiger partial charge on any atom is -0.495 e. The Kier molecular flexibility index (Phi) is 4.23. The summed E-state index contributed by atoms with van der Waals surface area (Å²) < 4.78 is 10.4. The summed E-state index contributed by atoms with van der Waals surface area (Å²) in [7, 11) is 3.03. The van der Waals surface area contributed by atoms with E-state index in [1.165, 1.54) is 26.6 Å². The Morgan fingerprint density at radius 2 is 1.85 bits per heavy atom. The Balaban J connectivity index is 2.45. The molecule has 0 bridgehead atoms. The van der Waals surface area contributed by atoms with Gasteiger partial charge in [0.25, 0.3) is 0 Å². The molecule has 1 aromatic heterocycles. The van der Waals surface area contributed by atoms with E-state index in [9.17, 15) is 0 Å². The summed E-state index contributed by atoms with van der Waals surface area (Å²) in [6.07, 6.45) is 2.94. The van der Waals surface area contributed by atoms with Crippen LogP contribution in [0.15, 0.2) is 24.5 Å². The van der Waals surface area contributed by atoms with Gasteiger partial charge in [-0.15, -0.1) is 0 Å². The molecular formula is C13H11ClN4O2. The van der Waals surface area contributed by atoms with E-state index in [0.717, 1.165) is 0 Å². The second kappa shape index (κ2) is 6.08. The number of nitrogens with one attached hydrogen (secondary N) is 1. The van der Waals surface area contributed by atoms with Gasteiger partial charge in [-0.2, -0.15) is 5.26 Å². The third-order valence-electron chi connectivity index (χ3n) is 2.53. The van der Waals surface area contributed by atoms with E-state index in [0.29, 0.717) is 28.0 Å². The quantitative estimate of drug-likeness (QED) is 0.932. The molecule has 0 unspecified atom stereocenters. The fraction of sp³-hybridized carbons (Fsp3) is 0.154. The number of rotatable bonds is 4. The van der Waals surface area contributed by atoms with Crippen molar-refractivity contribution in [2.45, 2.75) is 0 Å². The standard InChI is InChI=1S/C13H11ClN4O2/c1-19-11-6-9(12(20-2)5-8(11)14)18-13-10(7-15)16-3-4-17-13/h3-6H,1-2H3,(H,17,18). The monoisotopic (exact) mass is 290 g/mol. The van der Waals surface area contributed by atoms with E-state index in [1.54, 1.807) is 12.1 Å². The number of halogens is 1. The predicted octanol–water partition coefficient (Wildman–Crippen LogP) is 2.76. The maximum Gasteiger partial charge on any atom is 0.183 e. The van der Waals surface area contributed by atoms with E-state index in [4.69, 9.17) is 26.3 Å². The zero-order chi connectivity index (χ0) is 14.5. The molecule has 0 atom stereocenters. The molecule has 1 heterocycles. The van der Waals surface area contributed by atoms with Crippen molar-refractivity contribution < 1.29 is 9.47 Å². The number of nitriles is 1. The molecule has 0 spiro atoms. The van der Waals surface area contributed by atoms with Gasteiger partial charge in [-0.05, 0) is 0 Å². The van der Waals surface area contributed by atoms with Crippen molar-refractivity contribution in [2.24, 2.45) is 0 Å². The van der Waals surface area contributed by atoms with Crippen LogP contribution in [0.2, 0.25) is 5.02 Å². The van der Waals surface area contributed by atoms with Gasteiger partial charge in [0.15, 0.2) is 11.5 Å².